The van der Waals surface area contributed by atoms with Crippen molar-refractivity contribution in [3.63, 3.8) is 0 Å². The normalized spacial score (nSPS) is 29.3. The smallest absolute Gasteiger partial charge is 0.297 e. The summed E-state index contributed by atoms with van der Waals surface area (Å²) >= 11 is 0. The highest BCUT2D eigenvalue weighted by Crippen LogP contribution is 2.54. The molecule has 3 fully saturated rings. The molecule has 0 aliphatic heterocycles. The molecule has 1 aromatic rings. The summed E-state index contributed by atoms with van der Waals surface area (Å²) in [4.78, 5) is 21.6. The van der Waals surface area contributed by atoms with Crippen LogP contribution in [0.4, 0.5) is 5.69 Å². The summed E-state index contributed by atoms with van der Waals surface area (Å²) < 4.78 is 30.5. The summed E-state index contributed by atoms with van der Waals surface area (Å²) in [7, 11) is -4.03. The van der Waals surface area contributed by atoms with E-state index in [4.69, 9.17) is 9.92 Å². The van der Waals surface area contributed by atoms with E-state index in [1.807, 2.05) is 0 Å². The lowest BCUT2D eigenvalue weighted by Crippen LogP contribution is -2.53. The first kappa shape index (κ1) is 16.8. The molecule has 4 rings (SSSR count). The van der Waals surface area contributed by atoms with Gasteiger partial charge < -0.3 is 5.73 Å². The van der Waals surface area contributed by atoms with Crippen LogP contribution in [-0.2, 0) is 19.1 Å². The van der Waals surface area contributed by atoms with Crippen molar-refractivity contribution in [3.05, 3.63) is 34.4 Å². The zero-order chi connectivity index (χ0) is 17.6. The molecular weight excluding hydrogens is 336 g/mol. The quantitative estimate of drug-likeness (QED) is 0.488. The van der Waals surface area contributed by atoms with Crippen molar-refractivity contribution in [2.24, 2.45) is 11.1 Å². The largest absolute Gasteiger partial charge is 0.369 e. The maximum Gasteiger partial charge on any atom is 0.297 e. The number of hydrogen-bond acceptors (Lipinski definition) is 6. The van der Waals surface area contributed by atoms with E-state index in [2.05, 4.69) is 0 Å². The molecule has 2 bridgehead atoms. The molecule has 9 heteroatoms. The Hall–Kier alpha value is -2.00. The van der Waals surface area contributed by atoms with Gasteiger partial charge in [-0.2, -0.15) is 8.42 Å². The summed E-state index contributed by atoms with van der Waals surface area (Å²) in [5.74, 6) is -0.325. The minimum Gasteiger partial charge on any atom is -0.369 e. The molecule has 0 heterocycles. The van der Waals surface area contributed by atoms with Crippen LogP contribution in [0.2, 0.25) is 0 Å². The van der Waals surface area contributed by atoms with Crippen LogP contribution in [0.5, 0.6) is 0 Å². The molecule has 24 heavy (non-hydrogen) atoms. The van der Waals surface area contributed by atoms with Crippen molar-refractivity contribution >= 4 is 21.7 Å². The van der Waals surface area contributed by atoms with Crippen LogP contribution < -0.4 is 5.73 Å². The fourth-order valence-corrected chi connectivity index (χ4v) is 4.94. The Morgan fingerprint density at radius 1 is 1.08 bits per heavy atom. The number of carbonyl (C=O) groups is 1. The highest BCUT2D eigenvalue weighted by atomic mass is 32.2. The van der Waals surface area contributed by atoms with Crippen molar-refractivity contribution < 1.29 is 22.3 Å². The number of hydrogen-bond donors (Lipinski definition) is 1. The summed E-state index contributed by atoms with van der Waals surface area (Å²) in [6.45, 7) is 0. The Balaban J connectivity index is 1.78. The Labute approximate surface area is 139 Å². The number of non-ortho nitro benzene ring substituents is 1. The zero-order valence-electron chi connectivity index (χ0n) is 12.9. The summed E-state index contributed by atoms with van der Waals surface area (Å²) in [6.07, 6.45) is 2.96. The number of nitro groups is 1. The van der Waals surface area contributed by atoms with Crippen LogP contribution in [0.3, 0.4) is 0 Å². The van der Waals surface area contributed by atoms with Crippen LogP contribution in [0.1, 0.15) is 38.5 Å². The number of nitrogens with two attached hydrogens (primary N) is 1. The number of carbonyl (C=O) groups excluding carboxylic acids is 1. The first-order valence-electron chi connectivity index (χ1n) is 7.68. The fourth-order valence-electron chi connectivity index (χ4n) is 3.66. The standard InChI is InChI=1S/C15H18N2O6S/c16-13(18)14-5-8-15(9-6-14,10-7-14)23-24(21,22)12-3-1-11(2-4-12)17(19)20/h1-4H,5-10H2,(H2,16,18). The molecule has 0 radical (unpaired) electrons. The summed E-state index contributed by atoms with van der Waals surface area (Å²) in [6, 6.07) is 4.61. The molecule has 2 N–H and O–H groups in total. The van der Waals surface area contributed by atoms with Gasteiger partial charge in [-0.1, -0.05) is 0 Å². The van der Waals surface area contributed by atoms with E-state index >= 15 is 0 Å². The Morgan fingerprint density at radius 3 is 2.00 bits per heavy atom. The van der Waals surface area contributed by atoms with E-state index < -0.39 is 26.1 Å². The van der Waals surface area contributed by atoms with Crippen molar-refractivity contribution in [1.82, 2.24) is 0 Å². The van der Waals surface area contributed by atoms with Gasteiger partial charge in [0, 0.05) is 17.5 Å². The van der Waals surface area contributed by atoms with E-state index in [1.54, 1.807) is 0 Å². The predicted octanol–water partition coefficient (Wildman–Crippen LogP) is 1.88. The molecule has 3 aliphatic carbocycles. The lowest BCUT2D eigenvalue weighted by Gasteiger charge is -2.50. The lowest BCUT2D eigenvalue weighted by molar-refractivity contribution is -0.384. The average Bonchev–Trinajstić information content (AvgIpc) is 2.55. The van der Waals surface area contributed by atoms with Gasteiger partial charge in [-0.25, -0.2) is 0 Å². The highest BCUT2D eigenvalue weighted by molar-refractivity contribution is 7.86. The number of benzene rings is 1. The minimum absolute atomic E-state index is 0.111. The third-order valence-corrected chi connectivity index (χ3v) is 6.75. The number of primary amides is 1. The van der Waals surface area contributed by atoms with E-state index in [1.165, 1.54) is 12.1 Å². The lowest BCUT2D eigenvalue weighted by atomic mass is 9.58. The topological polar surface area (TPSA) is 130 Å². The molecule has 3 aliphatic rings. The van der Waals surface area contributed by atoms with Crippen molar-refractivity contribution in [3.8, 4) is 0 Å². The molecule has 0 spiro atoms. The molecule has 0 aromatic heterocycles. The van der Waals surface area contributed by atoms with Crippen molar-refractivity contribution in [2.75, 3.05) is 0 Å². The van der Waals surface area contributed by atoms with Gasteiger partial charge in [0.2, 0.25) is 5.91 Å². The monoisotopic (exact) mass is 354 g/mol. The third-order valence-electron chi connectivity index (χ3n) is 5.32. The zero-order valence-corrected chi connectivity index (χ0v) is 13.8. The molecular formula is C15H18N2O6S. The van der Waals surface area contributed by atoms with Gasteiger partial charge in [-0.15, -0.1) is 0 Å². The summed E-state index contributed by atoms with van der Waals surface area (Å²) in [5.41, 5.74) is 3.96. The Bertz CT molecular complexity index is 762. The van der Waals surface area contributed by atoms with Gasteiger partial charge in [0.1, 0.15) is 0 Å². The molecule has 0 atom stereocenters. The number of rotatable bonds is 5. The second kappa shape index (κ2) is 5.52. The van der Waals surface area contributed by atoms with E-state index in [0.717, 1.165) is 12.1 Å². The minimum atomic E-state index is -4.03. The number of amides is 1. The number of nitro benzene ring substituents is 1. The van der Waals surface area contributed by atoms with Crippen molar-refractivity contribution in [1.29, 1.82) is 0 Å². The van der Waals surface area contributed by atoms with Crippen LogP contribution >= 0.6 is 0 Å². The van der Waals surface area contributed by atoms with Gasteiger partial charge in [0.05, 0.1) is 15.4 Å². The maximum atomic E-state index is 12.5. The molecule has 1 amide bonds. The summed E-state index contributed by atoms with van der Waals surface area (Å²) in [5, 5.41) is 10.7. The molecule has 0 unspecified atom stereocenters. The predicted molar refractivity (Wildman–Crippen MR) is 83.4 cm³/mol. The maximum absolute atomic E-state index is 12.5. The van der Waals surface area contributed by atoms with Crippen LogP contribution in [-0.4, -0.2) is 24.8 Å². The van der Waals surface area contributed by atoms with E-state index in [0.29, 0.717) is 38.5 Å². The number of nitrogens with zero attached hydrogens (tertiary/aromatic N) is 1. The highest BCUT2D eigenvalue weighted by Gasteiger charge is 2.54. The van der Waals surface area contributed by atoms with Gasteiger partial charge >= 0.3 is 0 Å². The molecule has 8 nitrogen and oxygen atoms in total. The Kier molecular flexibility index (Phi) is 3.88. The van der Waals surface area contributed by atoms with Gasteiger partial charge in [-0.3, -0.25) is 19.1 Å². The van der Waals surface area contributed by atoms with Gasteiger partial charge in [0.25, 0.3) is 15.8 Å². The van der Waals surface area contributed by atoms with Crippen LogP contribution in [0.25, 0.3) is 0 Å². The third kappa shape index (κ3) is 2.78. The molecule has 3 saturated carbocycles. The molecule has 0 saturated heterocycles. The van der Waals surface area contributed by atoms with Crippen molar-refractivity contribution in [2.45, 2.75) is 49.0 Å². The van der Waals surface area contributed by atoms with Gasteiger partial charge in [-0.05, 0) is 50.7 Å². The Morgan fingerprint density at radius 2 is 1.58 bits per heavy atom. The number of fused-ring (bicyclic) bond motifs is 3. The second-order valence-electron chi connectivity index (χ2n) is 6.62. The van der Waals surface area contributed by atoms with Crippen LogP contribution in [0.15, 0.2) is 29.2 Å². The first-order chi connectivity index (χ1) is 11.2. The van der Waals surface area contributed by atoms with Crippen LogP contribution in [0, 0.1) is 15.5 Å². The fraction of sp³-hybridized carbons (Fsp3) is 0.533. The molecule has 130 valence electrons. The van der Waals surface area contributed by atoms with E-state index in [-0.39, 0.29) is 16.5 Å². The SMILES string of the molecule is NC(=O)C12CCC(OS(=O)(=O)c3ccc([N+](=O)[O-])cc3)(CC1)CC2. The average molecular weight is 354 g/mol. The van der Waals surface area contributed by atoms with Gasteiger partial charge in [0.15, 0.2) is 0 Å². The first-order valence-corrected chi connectivity index (χ1v) is 9.09. The second-order valence-corrected chi connectivity index (χ2v) is 8.16. The molecule has 1 aromatic carbocycles. The van der Waals surface area contributed by atoms with E-state index in [9.17, 15) is 23.3 Å².